The van der Waals surface area contributed by atoms with Gasteiger partial charge < -0.3 is 15.5 Å². The van der Waals surface area contributed by atoms with E-state index >= 15 is 0 Å². The Labute approximate surface area is 200 Å². The van der Waals surface area contributed by atoms with Crippen molar-refractivity contribution in [3.63, 3.8) is 0 Å². The van der Waals surface area contributed by atoms with Crippen molar-refractivity contribution in [2.75, 3.05) is 22.6 Å². The van der Waals surface area contributed by atoms with Crippen LogP contribution in [-0.4, -0.2) is 44.7 Å². The number of amides is 1. The lowest BCUT2D eigenvalue weighted by atomic mass is 9.87. The Morgan fingerprint density at radius 2 is 1.97 bits per heavy atom. The van der Waals surface area contributed by atoms with Crippen molar-refractivity contribution in [3.05, 3.63) is 23.7 Å². The topological polar surface area (TPSA) is 88.0 Å². The Balaban J connectivity index is 0.00000306. The van der Waals surface area contributed by atoms with Crippen LogP contribution in [0.25, 0.3) is 0 Å². The number of carbonyl (C=O) groups excluding carboxylic acids is 1. The van der Waals surface area contributed by atoms with Crippen LogP contribution in [0, 0.1) is 18.8 Å². The number of halogens is 2. The molecule has 8 nitrogen and oxygen atoms in total. The highest BCUT2D eigenvalue weighted by Gasteiger charge is 2.36. The number of hydrogen-bond acceptors (Lipinski definition) is 6. The minimum atomic E-state index is -2.51. The van der Waals surface area contributed by atoms with E-state index in [1.165, 1.54) is 0 Å². The first-order valence-electron chi connectivity index (χ1n) is 11.2. The second kappa shape index (κ2) is 9.82. The third-order valence-electron chi connectivity index (χ3n) is 6.39. The predicted octanol–water partition coefficient (Wildman–Crippen LogP) is 3.94. The first-order valence-corrected chi connectivity index (χ1v) is 11.2. The summed E-state index contributed by atoms with van der Waals surface area (Å²) in [5.74, 6) is -0.995. The van der Waals surface area contributed by atoms with Crippen LogP contribution in [0.5, 0.6) is 0 Å². The lowest BCUT2D eigenvalue weighted by Crippen LogP contribution is -2.49. The lowest BCUT2D eigenvalue weighted by molar-refractivity contribution is -0.118. The Bertz CT molecular complexity index is 987. The van der Waals surface area contributed by atoms with E-state index in [-0.39, 0.29) is 50.1 Å². The first-order chi connectivity index (χ1) is 15.1. The molecule has 3 heterocycles. The van der Waals surface area contributed by atoms with Crippen LogP contribution in [0.2, 0.25) is 0 Å². The molecule has 0 aromatic carbocycles. The van der Waals surface area contributed by atoms with Crippen LogP contribution in [-0.2, 0) is 17.9 Å². The minimum absolute atomic E-state index is 0. The van der Waals surface area contributed by atoms with E-state index in [4.69, 9.17) is 0 Å². The molecule has 1 atom stereocenters. The maximum atomic E-state index is 13.4. The van der Waals surface area contributed by atoms with Gasteiger partial charge in [0.05, 0.1) is 11.9 Å². The molecule has 0 spiro atoms. The quantitative estimate of drug-likeness (QED) is 0.650. The highest BCUT2D eigenvalue weighted by Crippen LogP contribution is 2.37. The molecule has 2 aromatic rings. The van der Waals surface area contributed by atoms with Crippen molar-refractivity contribution >= 4 is 36.9 Å². The average molecular weight is 482 g/mol. The fourth-order valence-electron chi connectivity index (χ4n) is 4.62. The van der Waals surface area contributed by atoms with Crippen molar-refractivity contribution in [2.24, 2.45) is 11.8 Å². The Morgan fingerprint density at radius 3 is 2.64 bits per heavy atom. The summed E-state index contributed by atoms with van der Waals surface area (Å²) in [4.78, 5) is 23.5. The summed E-state index contributed by atoms with van der Waals surface area (Å²) in [6.07, 6.45) is 4.71. The molecule has 0 unspecified atom stereocenters. The van der Waals surface area contributed by atoms with Crippen molar-refractivity contribution in [3.8, 4) is 0 Å². The molecule has 2 aliphatic rings. The number of carbonyl (C=O) groups is 1. The molecule has 0 radical (unpaired) electrons. The van der Waals surface area contributed by atoms with Crippen LogP contribution in [0.1, 0.15) is 50.8 Å². The van der Waals surface area contributed by atoms with Crippen LogP contribution < -0.4 is 15.5 Å². The largest absolute Gasteiger partial charge is 0.350 e. The second-order valence-electron chi connectivity index (χ2n) is 9.34. The number of nitrogens with zero attached hydrogens (tertiary/aromatic N) is 5. The van der Waals surface area contributed by atoms with Gasteiger partial charge in [-0.15, -0.1) is 0 Å². The van der Waals surface area contributed by atoms with E-state index < -0.39 is 5.92 Å². The van der Waals surface area contributed by atoms with Gasteiger partial charge in [0, 0.05) is 44.7 Å². The number of anilines is 3. The summed E-state index contributed by atoms with van der Waals surface area (Å²) in [6.45, 7) is 7.02. The smallest absolute Gasteiger partial charge is 0.248 e. The molecular formula is C22H33F2N7OS. The summed E-state index contributed by atoms with van der Waals surface area (Å²) in [5.41, 5.74) is 2.31. The SMILES string of the molecule is Cc1nc(NCc2cnn(CC3CCC(F)(F)CC3)c2)nc2c1NC(=O)[C@H](C(C)C)N2C.S. The van der Waals surface area contributed by atoms with Gasteiger partial charge in [0.25, 0.3) is 0 Å². The molecule has 2 N–H and O–H groups in total. The molecule has 2 aromatic heterocycles. The summed E-state index contributed by atoms with van der Waals surface area (Å²) in [7, 11) is 1.88. The Morgan fingerprint density at radius 1 is 1.27 bits per heavy atom. The second-order valence-corrected chi connectivity index (χ2v) is 9.34. The lowest BCUT2D eigenvalue weighted by Gasteiger charge is -2.36. The van der Waals surface area contributed by atoms with E-state index in [2.05, 4.69) is 25.7 Å². The van der Waals surface area contributed by atoms with E-state index in [1.807, 2.05) is 43.6 Å². The van der Waals surface area contributed by atoms with Gasteiger partial charge in [0.1, 0.15) is 11.7 Å². The molecule has 0 saturated heterocycles. The molecule has 1 aliphatic carbocycles. The molecule has 1 amide bonds. The van der Waals surface area contributed by atoms with Gasteiger partial charge >= 0.3 is 0 Å². The average Bonchev–Trinajstić information content (AvgIpc) is 3.16. The molecule has 4 rings (SSSR count). The number of aromatic nitrogens is 4. The van der Waals surface area contributed by atoms with Crippen LogP contribution >= 0.6 is 13.5 Å². The Kier molecular flexibility index (Phi) is 7.50. The number of nitrogens with one attached hydrogen (secondary N) is 2. The van der Waals surface area contributed by atoms with E-state index in [0.29, 0.717) is 49.1 Å². The zero-order valence-corrected chi connectivity index (χ0v) is 20.5. The molecule has 11 heteroatoms. The summed E-state index contributed by atoms with van der Waals surface area (Å²) >= 11 is 0. The van der Waals surface area contributed by atoms with E-state index in [9.17, 15) is 13.6 Å². The van der Waals surface area contributed by atoms with Crippen molar-refractivity contribution in [1.82, 2.24) is 19.7 Å². The Hall–Kier alpha value is -2.43. The number of aryl methyl sites for hydroxylation is 1. The molecule has 0 bridgehead atoms. The number of alkyl halides is 2. The third kappa shape index (κ3) is 5.56. The van der Waals surface area contributed by atoms with Gasteiger partial charge in [0.15, 0.2) is 5.82 Å². The highest BCUT2D eigenvalue weighted by molar-refractivity contribution is 7.59. The van der Waals surface area contributed by atoms with Gasteiger partial charge in [-0.3, -0.25) is 9.48 Å². The summed E-state index contributed by atoms with van der Waals surface area (Å²) in [5, 5.41) is 10.6. The van der Waals surface area contributed by atoms with Crippen molar-refractivity contribution in [1.29, 1.82) is 0 Å². The molecule has 1 aliphatic heterocycles. The normalized spacial score (nSPS) is 20.3. The first kappa shape index (κ1) is 25.2. The summed E-state index contributed by atoms with van der Waals surface area (Å²) in [6, 6.07) is -0.289. The maximum Gasteiger partial charge on any atom is 0.248 e. The van der Waals surface area contributed by atoms with Gasteiger partial charge in [-0.05, 0) is 31.6 Å². The zero-order valence-electron chi connectivity index (χ0n) is 19.5. The third-order valence-corrected chi connectivity index (χ3v) is 6.39. The van der Waals surface area contributed by atoms with Gasteiger partial charge in [-0.25, -0.2) is 13.8 Å². The number of rotatable bonds is 6. The van der Waals surface area contributed by atoms with Crippen LogP contribution in [0.3, 0.4) is 0 Å². The molecular weight excluding hydrogens is 448 g/mol. The molecule has 182 valence electrons. The molecule has 33 heavy (non-hydrogen) atoms. The summed E-state index contributed by atoms with van der Waals surface area (Å²) < 4.78 is 28.5. The number of likely N-dealkylation sites (N-methyl/N-ethyl adjacent to an activating group) is 1. The van der Waals surface area contributed by atoms with E-state index in [0.717, 1.165) is 5.56 Å². The fourth-order valence-corrected chi connectivity index (χ4v) is 4.62. The molecule has 1 fully saturated rings. The standard InChI is InChI=1S/C22H31F2N7O.H2S/c1-13(2)18-20(32)28-17-14(3)27-21(29-19(17)30(18)4)25-9-16-10-26-31(12-16)11-15-5-7-22(23,24)8-6-15;/h10,12-13,15,18H,5-9,11H2,1-4H3,(H,28,32)(H,25,27,29);1H2/t18-;/m0./s1. The number of hydrogen-bond donors (Lipinski definition) is 2. The van der Waals surface area contributed by atoms with E-state index in [1.54, 1.807) is 6.20 Å². The van der Waals surface area contributed by atoms with Gasteiger partial charge in [-0.1, -0.05) is 13.8 Å². The predicted molar refractivity (Wildman–Crippen MR) is 129 cm³/mol. The maximum absolute atomic E-state index is 13.4. The van der Waals surface area contributed by atoms with Crippen molar-refractivity contribution in [2.45, 2.75) is 71.5 Å². The zero-order chi connectivity index (χ0) is 23.0. The monoisotopic (exact) mass is 481 g/mol. The number of fused-ring (bicyclic) bond motifs is 1. The fraction of sp³-hybridized carbons (Fsp3) is 0.636. The van der Waals surface area contributed by atoms with Crippen molar-refractivity contribution < 1.29 is 13.6 Å². The van der Waals surface area contributed by atoms with Gasteiger partial charge in [0.2, 0.25) is 17.8 Å². The van der Waals surface area contributed by atoms with Crippen LogP contribution in [0.4, 0.5) is 26.2 Å². The van der Waals surface area contributed by atoms with Gasteiger partial charge in [-0.2, -0.15) is 23.6 Å². The molecule has 1 saturated carbocycles. The highest BCUT2D eigenvalue weighted by atomic mass is 32.1. The van der Waals surface area contributed by atoms with Crippen LogP contribution in [0.15, 0.2) is 12.4 Å². The minimum Gasteiger partial charge on any atom is -0.350 e.